The van der Waals surface area contributed by atoms with Crippen molar-refractivity contribution in [1.82, 2.24) is 19.1 Å². The molecule has 2 heterocycles. The van der Waals surface area contributed by atoms with E-state index in [4.69, 9.17) is 0 Å². The van der Waals surface area contributed by atoms with Crippen molar-refractivity contribution < 1.29 is 18.0 Å². The van der Waals surface area contributed by atoms with E-state index in [-0.39, 0.29) is 38.0 Å². The predicted octanol–water partition coefficient (Wildman–Crippen LogP) is -0.895. The maximum Gasteiger partial charge on any atom is 0.270 e. The highest BCUT2D eigenvalue weighted by Crippen LogP contribution is 2.15. The van der Waals surface area contributed by atoms with Crippen LogP contribution in [0.4, 0.5) is 0 Å². The van der Waals surface area contributed by atoms with Gasteiger partial charge in [0, 0.05) is 46.5 Å². The molecular formula is C14H22N4O4S. The van der Waals surface area contributed by atoms with Crippen LogP contribution in [0.25, 0.3) is 0 Å². The molecule has 1 fully saturated rings. The molecule has 1 unspecified atom stereocenters. The number of hydrogen-bond donors (Lipinski definition) is 1. The number of aryl methyl sites for hydroxylation is 1. The summed E-state index contributed by atoms with van der Waals surface area (Å²) in [6, 6.07) is 3.47. The molecule has 1 atom stereocenters. The highest BCUT2D eigenvalue weighted by Gasteiger charge is 2.33. The van der Waals surface area contributed by atoms with Crippen molar-refractivity contribution in [2.45, 2.75) is 0 Å². The summed E-state index contributed by atoms with van der Waals surface area (Å²) >= 11 is 0. The van der Waals surface area contributed by atoms with Crippen molar-refractivity contribution in [3.05, 3.63) is 24.0 Å². The van der Waals surface area contributed by atoms with Crippen molar-refractivity contribution in [2.75, 3.05) is 39.5 Å². The van der Waals surface area contributed by atoms with E-state index in [9.17, 15) is 18.0 Å². The number of hydrogen-bond acceptors (Lipinski definition) is 4. The molecule has 0 spiro atoms. The topological polar surface area (TPSA) is 91.7 Å². The van der Waals surface area contributed by atoms with Gasteiger partial charge in [-0.15, -0.1) is 0 Å². The Bertz CT molecular complexity index is 697. The summed E-state index contributed by atoms with van der Waals surface area (Å²) in [6.07, 6.45) is 2.88. The van der Waals surface area contributed by atoms with E-state index in [2.05, 4.69) is 5.32 Å². The number of amides is 2. The van der Waals surface area contributed by atoms with Crippen LogP contribution in [0, 0.1) is 5.92 Å². The van der Waals surface area contributed by atoms with Crippen LogP contribution in [0.15, 0.2) is 18.3 Å². The van der Waals surface area contributed by atoms with Gasteiger partial charge in [-0.1, -0.05) is 0 Å². The maximum atomic E-state index is 12.7. The molecule has 0 bridgehead atoms. The van der Waals surface area contributed by atoms with Gasteiger partial charge in [-0.3, -0.25) is 9.59 Å². The molecule has 1 aliphatic rings. The first kappa shape index (κ1) is 17.5. The van der Waals surface area contributed by atoms with E-state index >= 15 is 0 Å². The van der Waals surface area contributed by atoms with Crippen molar-refractivity contribution in [2.24, 2.45) is 13.0 Å². The van der Waals surface area contributed by atoms with Crippen LogP contribution in [0.3, 0.4) is 0 Å². The Morgan fingerprint density at radius 1 is 1.26 bits per heavy atom. The van der Waals surface area contributed by atoms with Crippen LogP contribution < -0.4 is 5.32 Å². The van der Waals surface area contributed by atoms with Gasteiger partial charge in [0.15, 0.2) is 0 Å². The highest BCUT2D eigenvalue weighted by molar-refractivity contribution is 7.88. The lowest BCUT2D eigenvalue weighted by Gasteiger charge is -2.23. The van der Waals surface area contributed by atoms with Crippen LogP contribution in [-0.4, -0.2) is 73.5 Å². The highest BCUT2D eigenvalue weighted by atomic mass is 32.2. The zero-order valence-corrected chi connectivity index (χ0v) is 14.3. The molecule has 0 aliphatic carbocycles. The van der Waals surface area contributed by atoms with Crippen molar-refractivity contribution in [3.8, 4) is 0 Å². The number of aromatic nitrogens is 1. The summed E-state index contributed by atoms with van der Waals surface area (Å²) in [4.78, 5) is 26.2. The minimum Gasteiger partial charge on any atom is -0.359 e. The fourth-order valence-corrected chi connectivity index (χ4v) is 3.55. The smallest absolute Gasteiger partial charge is 0.270 e. The van der Waals surface area contributed by atoms with Crippen molar-refractivity contribution in [3.63, 3.8) is 0 Å². The fourth-order valence-electron chi connectivity index (χ4n) is 2.69. The maximum absolute atomic E-state index is 12.7. The third-order valence-corrected chi connectivity index (χ3v) is 5.29. The minimum absolute atomic E-state index is 0.0788. The number of carbonyl (C=O) groups excluding carboxylic acids is 2. The summed E-state index contributed by atoms with van der Waals surface area (Å²) in [6.45, 7) is 0.707. The Morgan fingerprint density at radius 2 is 1.96 bits per heavy atom. The molecule has 0 radical (unpaired) electrons. The number of nitrogens with one attached hydrogen (secondary N) is 1. The number of carbonyl (C=O) groups is 2. The van der Waals surface area contributed by atoms with E-state index in [1.165, 1.54) is 11.4 Å². The zero-order chi connectivity index (χ0) is 17.2. The third-order valence-electron chi connectivity index (χ3n) is 4.02. The lowest BCUT2D eigenvalue weighted by molar-refractivity contribution is -0.124. The standard InChI is InChI=1S/C14H22N4O4S/c1-15-13(19)11-9-17(7-8-18(10-11)23(3,21)22)14(20)12-5-4-6-16(12)2/h4-6,11H,7-10H2,1-3H3,(H,15,19). The van der Waals surface area contributed by atoms with Gasteiger partial charge < -0.3 is 14.8 Å². The molecule has 8 nitrogen and oxygen atoms in total. The number of nitrogens with zero attached hydrogens (tertiary/aromatic N) is 3. The molecule has 1 aliphatic heterocycles. The van der Waals surface area contributed by atoms with E-state index < -0.39 is 15.9 Å². The molecule has 0 aromatic carbocycles. The van der Waals surface area contributed by atoms with E-state index in [1.807, 2.05) is 0 Å². The van der Waals surface area contributed by atoms with E-state index in [0.29, 0.717) is 5.69 Å². The SMILES string of the molecule is CNC(=O)C1CN(C(=O)c2cccn2C)CCN(S(C)(=O)=O)C1. The van der Waals surface area contributed by atoms with Gasteiger partial charge >= 0.3 is 0 Å². The van der Waals surface area contributed by atoms with Gasteiger partial charge in [0.2, 0.25) is 15.9 Å². The summed E-state index contributed by atoms with van der Waals surface area (Å²) in [5.41, 5.74) is 0.508. The average Bonchev–Trinajstić information content (AvgIpc) is 2.78. The molecule has 23 heavy (non-hydrogen) atoms. The van der Waals surface area contributed by atoms with Crippen molar-refractivity contribution >= 4 is 21.8 Å². The van der Waals surface area contributed by atoms with Gasteiger partial charge in [0.1, 0.15) is 5.69 Å². The lowest BCUT2D eigenvalue weighted by Crippen LogP contribution is -2.42. The molecule has 9 heteroatoms. The second kappa shape index (κ2) is 6.71. The summed E-state index contributed by atoms with van der Waals surface area (Å²) in [7, 11) is -0.155. The zero-order valence-electron chi connectivity index (χ0n) is 13.5. The Balaban J connectivity index is 2.27. The van der Waals surface area contributed by atoms with Crippen LogP contribution >= 0.6 is 0 Å². The first-order chi connectivity index (χ1) is 10.7. The van der Waals surface area contributed by atoms with E-state index in [1.54, 1.807) is 34.8 Å². The van der Waals surface area contributed by atoms with E-state index in [0.717, 1.165) is 6.26 Å². The van der Waals surface area contributed by atoms with Crippen LogP contribution in [0.5, 0.6) is 0 Å². The Labute approximate surface area is 136 Å². The normalized spacial score (nSPS) is 20.1. The van der Waals surface area contributed by atoms with Gasteiger partial charge in [-0.25, -0.2) is 8.42 Å². The van der Waals surface area contributed by atoms with Gasteiger partial charge in [0.25, 0.3) is 5.91 Å². The number of rotatable bonds is 3. The molecule has 2 amide bonds. The summed E-state index contributed by atoms with van der Waals surface area (Å²) < 4.78 is 26.6. The molecule has 1 aromatic rings. The second-order valence-electron chi connectivity index (χ2n) is 5.69. The Kier molecular flexibility index (Phi) is 5.10. The molecule has 1 saturated heterocycles. The molecule has 2 rings (SSSR count). The van der Waals surface area contributed by atoms with Gasteiger partial charge in [-0.05, 0) is 12.1 Å². The van der Waals surface area contributed by atoms with Crippen LogP contribution in [0.2, 0.25) is 0 Å². The average molecular weight is 342 g/mol. The molecule has 128 valence electrons. The second-order valence-corrected chi connectivity index (χ2v) is 7.67. The Morgan fingerprint density at radius 3 is 2.48 bits per heavy atom. The predicted molar refractivity (Wildman–Crippen MR) is 85.3 cm³/mol. The monoisotopic (exact) mass is 342 g/mol. The minimum atomic E-state index is -3.42. The summed E-state index contributed by atoms with van der Waals surface area (Å²) in [5.74, 6) is -1.08. The lowest BCUT2D eigenvalue weighted by atomic mass is 10.1. The molecule has 1 aromatic heterocycles. The largest absolute Gasteiger partial charge is 0.359 e. The quantitative estimate of drug-likeness (QED) is 0.771. The van der Waals surface area contributed by atoms with Crippen molar-refractivity contribution in [1.29, 1.82) is 0 Å². The molecule has 1 N–H and O–H groups in total. The first-order valence-electron chi connectivity index (χ1n) is 7.31. The Hall–Kier alpha value is -1.87. The third kappa shape index (κ3) is 3.91. The molecule has 0 saturated carbocycles. The first-order valence-corrected chi connectivity index (χ1v) is 9.16. The van der Waals surface area contributed by atoms with Gasteiger partial charge in [0.05, 0.1) is 12.2 Å². The van der Waals surface area contributed by atoms with Crippen LogP contribution in [-0.2, 0) is 21.9 Å². The fraction of sp³-hybridized carbons (Fsp3) is 0.571. The molecular weight excluding hydrogens is 320 g/mol. The summed E-state index contributed by atoms with van der Waals surface area (Å²) in [5, 5.41) is 2.54. The van der Waals surface area contributed by atoms with Crippen LogP contribution in [0.1, 0.15) is 10.5 Å². The van der Waals surface area contributed by atoms with Gasteiger partial charge in [-0.2, -0.15) is 4.31 Å². The number of sulfonamides is 1.